The number of ether oxygens (including phenoxy) is 2. The maximum absolute atomic E-state index is 13.4. The van der Waals surface area contributed by atoms with Gasteiger partial charge in [0.25, 0.3) is 5.56 Å². The zero-order valence-electron chi connectivity index (χ0n) is 19.4. The molecule has 0 spiro atoms. The minimum atomic E-state index is -1.85. The van der Waals surface area contributed by atoms with Gasteiger partial charge in [-0.05, 0) is 49.1 Å². The Kier molecular flexibility index (Phi) is 5.28. The van der Waals surface area contributed by atoms with Gasteiger partial charge in [-0.2, -0.15) is 0 Å². The molecule has 2 aliphatic rings. The molecule has 34 heavy (non-hydrogen) atoms. The number of cyclic esters (lactones) is 1. The quantitative estimate of drug-likeness (QED) is 0.358. The van der Waals surface area contributed by atoms with Gasteiger partial charge in [0.2, 0.25) is 0 Å². The van der Waals surface area contributed by atoms with Crippen molar-refractivity contribution in [2.75, 3.05) is 0 Å². The largest absolute Gasteiger partial charge is 0.458 e. The molecule has 0 saturated carbocycles. The van der Waals surface area contributed by atoms with Crippen LogP contribution in [0, 0.1) is 0 Å². The molecule has 2 aliphatic heterocycles. The van der Waals surface area contributed by atoms with Crippen molar-refractivity contribution in [1.29, 1.82) is 0 Å². The van der Waals surface area contributed by atoms with E-state index in [-0.39, 0.29) is 24.6 Å². The summed E-state index contributed by atoms with van der Waals surface area (Å²) in [6, 6.07) is 7.07. The molecule has 0 amide bonds. The summed E-state index contributed by atoms with van der Waals surface area (Å²) in [6.07, 6.45) is 1.85. The van der Waals surface area contributed by atoms with Crippen LogP contribution in [0.1, 0.15) is 62.3 Å². The van der Waals surface area contributed by atoms with Crippen LogP contribution in [0.5, 0.6) is 5.75 Å². The van der Waals surface area contributed by atoms with E-state index in [1.165, 1.54) is 0 Å². The maximum atomic E-state index is 13.4. The monoisotopic (exact) mass is 462 g/mol. The van der Waals surface area contributed by atoms with Gasteiger partial charge in [-0.3, -0.25) is 9.59 Å². The first-order valence-electron chi connectivity index (χ1n) is 11.7. The lowest BCUT2D eigenvalue weighted by Crippen LogP contribution is -2.44. The Bertz CT molecular complexity index is 1420. The van der Waals surface area contributed by atoms with Crippen LogP contribution >= 0.6 is 0 Å². The first kappa shape index (κ1) is 22.3. The predicted octanol–water partition coefficient (Wildman–Crippen LogP) is 3.35. The van der Waals surface area contributed by atoms with Crippen LogP contribution in [-0.4, -0.2) is 26.6 Å². The maximum Gasteiger partial charge on any atom is 0.343 e. The highest BCUT2D eigenvalue weighted by Crippen LogP contribution is 2.40. The normalized spacial score (nSPS) is 18.3. The fourth-order valence-corrected chi connectivity index (χ4v) is 4.99. The van der Waals surface area contributed by atoms with Crippen LogP contribution in [0.25, 0.3) is 22.3 Å². The Morgan fingerprint density at radius 2 is 2.00 bits per heavy atom. The molecule has 0 fully saturated rings. The third-order valence-electron chi connectivity index (χ3n) is 6.82. The van der Waals surface area contributed by atoms with E-state index in [1.807, 2.05) is 26.0 Å². The van der Waals surface area contributed by atoms with Crippen molar-refractivity contribution in [1.82, 2.24) is 9.55 Å². The molecule has 0 unspecified atom stereocenters. The molecule has 0 saturated heterocycles. The molecule has 1 N–H and O–H groups in total. The van der Waals surface area contributed by atoms with E-state index >= 15 is 0 Å². The summed E-state index contributed by atoms with van der Waals surface area (Å²) in [5.41, 5.74) is 2.35. The summed E-state index contributed by atoms with van der Waals surface area (Å²) in [7, 11) is 0. The van der Waals surface area contributed by atoms with Crippen molar-refractivity contribution in [3.8, 4) is 17.1 Å². The number of hydrogen-bond donors (Lipinski definition) is 1. The number of rotatable bonds is 5. The van der Waals surface area contributed by atoms with Gasteiger partial charge in [-0.25, -0.2) is 9.78 Å². The van der Waals surface area contributed by atoms with Crippen LogP contribution in [0.3, 0.4) is 0 Å². The molecule has 8 heteroatoms. The predicted molar refractivity (Wildman–Crippen MR) is 124 cm³/mol. The topological polar surface area (TPSA) is 108 Å². The van der Waals surface area contributed by atoms with E-state index in [0.717, 1.165) is 22.0 Å². The van der Waals surface area contributed by atoms with Gasteiger partial charge in [-0.1, -0.05) is 20.8 Å². The molecule has 176 valence electrons. The van der Waals surface area contributed by atoms with Crippen LogP contribution in [0.4, 0.5) is 0 Å². The smallest absolute Gasteiger partial charge is 0.343 e. The number of nitrogens with zero attached hydrogens (tertiary/aromatic N) is 2. The molecule has 0 bridgehead atoms. The van der Waals surface area contributed by atoms with E-state index < -0.39 is 11.6 Å². The zero-order chi connectivity index (χ0) is 24.2. The average molecular weight is 463 g/mol. The van der Waals surface area contributed by atoms with Crippen LogP contribution in [0.15, 0.2) is 29.1 Å². The lowest BCUT2D eigenvalue weighted by Gasteiger charge is -2.31. The second-order valence-corrected chi connectivity index (χ2v) is 8.78. The number of benzene rings is 1. The Morgan fingerprint density at radius 1 is 1.21 bits per heavy atom. The SMILES string of the molecule is CCCC(=O)Oc1ccc2nc3c(c(CC)c2c1)Cn1c-3cc2c(c1=O)COC(=O)[C@]2(O)CC. The second-order valence-electron chi connectivity index (χ2n) is 8.78. The number of carbonyl (C=O) groups excluding carboxylic acids is 2. The Hall–Kier alpha value is -3.52. The van der Waals surface area contributed by atoms with Crippen LogP contribution < -0.4 is 10.3 Å². The molecule has 2 aromatic heterocycles. The highest BCUT2D eigenvalue weighted by Gasteiger charge is 2.45. The van der Waals surface area contributed by atoms with Gasteiger partial charge in [-0.15, -0.1) is 0 Å². The summed E-state index contributed by atoms with van der Waals surface area (Å²) in [5.74, 6) is -0.552. The number of esters is 2. The number of aromatic nitrogens is 2. The Morgan fingerprint density at radius 3 is 2.71 bits per heavy atom. The molecule has 0 radical (unpaired) electrons. The first-order valence-corrected chi connectivity index (χ1v) is 11.7. The van der Waals surface area contributed by atoms with Gasteiger partial charge in [0.05, 0.1) is 29.0 Å². The van der Waals surface area contributed by atoms with E-state index in [0.29, 0.717) is 54.1 Å². The van der Waals surface area contributed by atoms with Gasteiger partial charge < -0.3 is 19.1 Å². The highest BCUT2D eigenvalue weighted by atomic mass is 16.6. The third-order valence-corrected chi connectivity index (χ3v) is 6.82. The zero-order valence-corrected chi connectivity index (χ0v) is 19.4. The fraction of sp³-hybridized carbons (Fsp3) is 0.385. The molecule has 5 rings (SSSR count). The van der Waals surface area contributed by atoms with E-state index in [4.69, 9.17) is 14.5 Å². The van der Waals surface area contributed by atoms with Crippen molar-refractivity contribution in [3.05, 3.63) is 56.9 Å². The van der Waals surface area contributed by atoms with Crippen molar-refractivity contribution in [3.63, 3.8) is 0 Å². The first-order chi connectivity index (χ1) is 16.3. The van der Waals surface area contributed by atoms with Crippen molar-refractivity contribution in [2.24, 2.45) is 0 Å². The van der Waals surface area contributed by atoms with Crippen LogP contribution in [-0.2, 0) is 39.5 Å². The molecule has 1 atom stereocenters. The fourth-order valence-electron chi connectivity index (χ4n) is 4.99. The third kappa shape index (κ3) is 3.16. The number of aryl methyl sites for hydroxylation is 1. The summed E-state index contributed by atoms with van der Waals surface area (Å²) < 4.78 is 12.3. The summed E-state index contributed by atoms with van der Waals surface area (Å²) in [5, 5.41) is 11.9. The summed E-state index contributed by atoms with van der Waals surface area (Å²) >= 11 is 0. The molecular weight excluding hydrogens is 436 g/mol. The number of hydrogen-bond acceptors (Lipinski definition) is 7. The molecular formula is C26H26N2O6. The van der Waals surface area contributed by atoms with Crippen molar-refractivity contribution < 1.29 is 24.2 Å². The number of pyridine rings is 2. The lowest BCUT2D eigenvalue weighted by molar-refractivity contribution is -0.172. The minimum Gasteiger partial charge on any atom is -0.458 e. The molecule has 8 nitrogen and oxygen atoms in total. The highest BCUT2D eigenvalue weighted by molar-refractivity contribution is 5.90. The van der Waals surface area contributed by atoms with Crippen LogP contribution in [0.2, 0.25) is 0 Å². The summed E-state index contributed by atoms with van der Waals surface area (Å²) in [6.45, 7) is 5.81. The van der Waals surface area contributed by atoms with Crippen molar-refractivity contribution >= 4 is 22.8 Å². The second kappa shape index (κ2) is 8.06. The summed E-state index contributed by atoms with van der Waals surface area (Å²) in [4.78, 5) is 42.6. The number of aliphatic hydroxyl groups is 1. The molecule has 3 aromatic rings. The van der Waals surface area contributed by atoms with E-state index in [1.54, 1.807) is 23.6 Å². The molecule has 4 heterocycles. The van der Waals surface area contributed by atoms with Gasteiger partial charge in [0.1, 0.15) is 12.4 Å². The molecule has 1 aromatic carbocycles. The Labute approximate surface area is 196 Å². The lowest BCUT2D eigenvalue weighted by atomic mass is 9.86. The molecule has 0 aliphatic carbocycles. The van der Waals surface area contributed by atoms with Crippen molar-refractivity contribution in [2.45, 2.75) is 65.2 Å². The van der Waals surface area contributed by atoms with Gasteiger partial charge in [0.15, 0.2) is 5.60 Å². The standard InChI is InChI=1S/C26H26N2O6/c1-4-7-22(29)34-14-8-9-20-16(10-14)15(5-2)17-12-28-21(23(17)27-20)11-19-18(24(28)30)13-33-25(31)26(19,32)6-3/h8-11,32H,4-7,12-13H2,1-3H3/t26-/m0/s1. The Balaban J connectivity index is 1.69. The minimum absolute atomic E-state index is 0.0967. The number of fused-ring (bicyclic) bond motifs is 5. The average Bonchev–Trinajstić information content (AvgIpc) is 3.19. The van der Waals surface area contributed by atoms with E-state index in [9.17, 15) is 19.5 Å². The van der Waals surface area contributed by atoms with E-state index in [2.05, 4.69) is 0 Å². The number of carbonyl (C=O) groups is 2. The van der Waals surface area contributed by atoms with Gasteiger partial charge in [0, 0.05) is 22.9 Å². The van der Waals surface area contributed by atoms with Gasteiger partial charge >= 0.3 is 11.9 Å².